The molecule has 30 heavy (non-hydrogen) atoms. The van der Waals surface area contributed by atoms with Crippen molar-refractivity contribution in [2.24, 2.45) is 5.92 Å². The molecule has 2 amide bonds. The predicted molar refractivity (Wildman–Crippen MR) is 118 cm³/mol. The fourth-order valence-electron chi connectivity index (χ4n) is 3.50. The van der Waals surface area contributed by atoms with Gasteiger partial charge < -0.3 is 10.2 Å². The molecule has 1 saturated heterocycles. The van der Waals surface area contributed by atoms with Gasteiger partial charge in [0.05, 0.1) is 5.56 Å². The highest BCUT2D eigenvalue weighted by Crippen LogP contribution is 2.29. The predicted octanol–water partition coefficient (Wildman–Crippen LogP) is 3.11. The maximum Gasteiger partial charge on any atom is 0.254 e. The smallest absolute Gasteiger partial charge is 0.254 e. The second-order valence-electron chi connectivity index (χ2n) is 7.84. The number of aryl methyl sites for hydroxylation is 2. The van der Waals surface area contributed by atoms with Crippen LogP contribution in [0.3, 0.4) is 0 Å². The zero-order chi connectivity index (χ0) is 22.1. The number of hydrogen-bond donors (Lipinski definition) is 1. The molecule has 9 heteroatoms. The van der Waals surface area contributed by atoms with E-state index in [9.17, 15) is 18.0 Å². The van der Waals surface area contributed by atoms with Crippen molar-refractivity contribution in [2.45, 2.75) is 30.9 Å². The Morgan fingerprint density at radius 1 is 1.13 bits per heavy atom. The first-order valence-electron chi connectivity index (χ1n) is 9.78. The van der Waals surface area contributed by atoms with Gasteiger partial charge in [-0.3, -0.25) is 9.59 Å². The van der Waals surface area contributed by atoms with Gasteiger partial charge in [-0.25, -0.2) is 8.42 Å². The molecule has 2 aromatic rings. The topological polar surface area (TPSA) is 86.8 Å². The van der Waals surface area contributed by atoms with E-state index in [2.05, 4.69) is 5.32 Å². The summed E-state index contributed by atoms with van der Waals surface area (Å²) in [6.07, 6.45) is 0.926. The average molecular weight is 450 g/mol. The number of nitrogens with zero attached hydrogens (tertiary/aromatic N) is 2. The summed E-state index contributed by atoms with van der Waals surface area (Å²) < 4.78 is 27.5. The zero-order valence-corrected chi connectivity index (χ0v) is 19.3. The maximum atomic E-state index is 12.9. The third kappa shape index (κ3) is 4.74. The van der Waals surface area contributed by atoms with Crippen molar-refractivity contribution >= 4 is 38.9 Å². The van der Waals surface area contributed by atoms with Crippen molar-refractivity contribution in [1.82, 2.24) is 9.21 Å². The Labute approximate surface area is 181 Å². The van der Waals surface area contributed by atoms with Crippen LogP contribution in [0.25, 0.3) is 0 Å². The van der Waals surface area contributed by atoms with Crippen molar-refractivity contribution in [3.8, 4) is 0 Å². The molecule has 0 aliphatic carbocycles. The SMILES string of the molecule is Cc1ccc(NC(=O)C2CCN(S(=O)(=O)c3cc(C(=O)N(C)C)cs3)CC2)c(C)c1. The van der Waals surface area contributed by atoms with Gasteiger partial charge in [0.25, 0.3) is 15.9 Å². The number of rotatable bonds is 5. The first-order valence-corrected chi connectivity index (χ1v) is 12.1. The molecule has 1 aromatic carbocycles. The van der Waals surface area contributed by atoms with Gasteiger partial charge >= 0.3 is 0 Å². The minimum atomic E-state index is -3.67. The third-order valence-electron chi connectivity index (χ3n) is 5.29. The number of thiophene rings is 1. The third-order valence-corrected chi connectivity index (χ3v) is 8.60. The lowest BCUT2D eigenvalue weighted by Gasteiger charge is -2.30. The van der Waals surface area contributed by atoms with Gasteiger partial charge in [-0.15, -0.1) is 11.3 Å². The van der Waals surface area contributed by atoms with Gasteiger partial charge in [0, 0.05) is 44.2 Å². The second-order valence-corrected chi connectivity index (χ2v) is 10.9. The number of carbonyl (C=O) groups is 2. The highest BCUT2D eigenvalue weighted by molar-refractivity contribution is 7.91. The summed E-state index contributed by atoms with van der Waals surface area (Å²) in [5.41, 5.74) is 3.29. The van der Waals surface area contributed by atoms with Crippen LogP contribution in [-0.4, -0.2) is 56.6 Å². The van der Waals surface area contributed by atoms with Crippen LogP contribution in [0.2, 0.25) is 0 Å². The van der Waals surface area contributed by atoms with Gasteiger partial charge in [0.15, 0.2) is 0 Å². The Bertz CT molecular complexity index is 1050. The molecule has 1 aliphatic heterocycles. The number of benzene rings is 1. The number of amides is 2. The molecule has 0 bridgehead atoms. The summed E-state index contributed by atoms with van der Waals surface area (Å²) in [7, 11) is -0.416. The van der Waals surface area contributed by atoms with E-state index < -0.39 is 10.0 Å². The molecule has 0 atom stereocenters. The van der Waals surface area contributed by atoms with Gasteiger partial charge in [-0.05, 0) is 44.4 Å². The Hall–Kier alpha value is -2.23. The van der Waals surface area contributed by atoms with Crippen molar-refractivity contribution in [3.05, 3.63) is 46.3 Å². The van der Waals surface area contributed by atoms with Crippen LogP contribution >= 0.6 is 11.3 Å². The Kier molecular flexibility index (Phi) is 6.64. The standard InChI is InChI=1S/C21H27N3O4S2/c1-14-5-6-18(15(2)11-14)22-20(25)16-7-9-24(10-8-16)30(27,28)19-12-17(13-29-19)21(26)23(3)4/h5-6,11-13,16H,7-10H2,1-4H3,(H,22,25). The molecule has 0 radical (unpaired) electrons. The largest absolute Gasteiger partial charge is 0.345 e. The lowest BCUT2D eigenvalue weighted by atomic mass is 9.97. The number of piperidine rings is 1. The zero-order valence-electron chi connectivity index (χ0n) is 17.6. The van der Waals surface area contributed by atoms with E-state index in [1.165, 1.54) is 15.3 Å². The molecule has 1 aromatic heterocycles. The van der Waals surface area contributed by atoms with Crippen LogP contribution in [-0.2, 0) is 14.8 Å². The van der Waals surface area contributed by atoms with Crippen molar-refractivity contribution < 1.29 is 18.0 Å². The fraction of sp³-hybridized carbons (Fsp3) is 0.429. The minimum Gasteiger partial charge on any atom is -0.345 e. The summed E-state index contributed by atoms with van der Waals surface area (Å²) in [4.78, 5) is 26.1. The first-order chi connectivity index (χ1) is 14.1. The molecule has 2 heterocycles. The monoisotopic (exact) mass is 449 g/mol. The Morgan fingerprint density at radius 2 is 1.80 bits per heavy atom. The lowest BCUT2D eigenvalue weighted by molar-refractivity contribution is -0.120. The summed E-state index contributed by atoms with van der Waals surface area (Å²) in [6.45, 7) is 4.51. The summed E-state index contributed by atoms with van der Waals surface area (Å²) in [6, 6.07) is 7.29. The van der Waals surface area contributed by atoms with E-state index in [0.717, 1.165) is 28.2 Å². The Morgan fingerprint density at radius 3 is 2.40 bits per heavy atom. The molecule has 0 unspecified atom stereocenters. The molecular weight excluding hydrogens is 422 g/mol. The molecule has 1 aliphatic rings. The van der Waals surface area contributed by atoms with Gasteiger partial charge in [-0.1, -0.05) is 17.7 Å². The maximum absolute atomic E-state index is 12.9. The lowest BCUT2D eigenvalue weighted by Crippen LogP contribution is -2.41. The quantitative estimate of drug-likeness (QED) is 0.760. The van der Waals surface area contributed by atoms with Crippen molar-refractivity contribution in [1.29, 1.82) is 0 Å². The van der Waals surface area contributed by atoms with Crippen LogP contribution < -0.4 is 5.32 Å². The summed E-state index contributed by atoms with van der Waals surface area (Å²) in [5, 5.41) is 4.54. The number of hydrogen-bond acceptors (Lipinski definition) is 5. The van der Waals surface area contributed by atoms with Crippen LogP contribution in [0.15, 0.2) is 33.9 Å². The first kappa shape index (κ1) is 22.5. The fourth-order valence-corrected chi connectivity index (χ4v) is 6.27. The van der Waals surface area contributed by atoms with Crippen LogP contribution in [0.4, 0.5) is 5.69 Å². The van der Waals surface area contributed by atoms with Crippen LogP contribution in [0.5, 0.6) is 0 Å². The van der Waals surface area contributed by atoms with E-state index in [1.54, 1.807) is 19.5 Å². The van der Waals surface area contributed by atoms with Gasteiger partial charge in [0.1, 0.15) is 4.21 Å². The summed E-state index contributed by atoms with van der Waals surface area (Å²) >= 11 is 1.05. The highest BCUT2D eigenvalue weighted by Gasteiger charge is 2.33. The number of anilines is 1. The van der Waals surface area contributed by atoms with Crippen molar-refractivity contribution in [3.63, 3.8) is 0 Å². The Balaban J connectivity index is 1.63. The second kappa shape index (κ2) is 8.87. The highest BCUT2D eigenvalue weighted by atomic mass is 32.2. The molecular formula is C21H27N3O4S2. The molecule has 3 rings (SSSR count). The molecule has 7 nitrogen and oxygen atoms in total. The van der Waals surface area contributed by atoms with E-state index >= 15 is 0 Å². The summed E-state index contributed by atoms with van der Waals surface area (Å²) in [5.74, 6) is -0.533. The molecule has 0 spiro atoms. The average Bonchev–Trinajstić information content (AvgIpc) is 3.20. The number of sulfonamides is 1. The van der Waals surface area contributed by atoms with E-state index in [1.807, 2.05) is 32.0 Å². The van der Waals surface area contributed by atoms with Gasteiger partial charge in [0.2, 0.25) is 5.91 Å². The van der Waals surface area contributed by atoms with Gasteiger partial charge in [-0.2, -0.15) is 4.31 Å². The van der Waals surface area contributed by atoms with Crippen LogP contribution in [0, 0.1) is 19.8 Å². The van der Waals surface area contributed by atoms with E-state index in [4.69, 9.17) is 0 Å². The molecule has 1 fully saturated rings. The number of nitrogens with one attached hydrogen (secondary N) is 1. The number of carbonyl (C=O) groups excluding carboxylic acids is 2. The molecule has 0 saturated carbocycles. The normalized spacial score (nSPS) is 15.7. The minimum absolute atomic E-state index is 0.0750. The van der Waals surface area contributed by atoms with Crippen molar-refractivity contribution in [2.75, 3.05) is 32.5 Å². The molecule has 162 valence electrons. The van der Waals surface area contributed by atoms with E-state index in [0.29, 0.717) is 18.4 Å². The molecule has 1 N–H and O–H groups in total. The van der Waals surface area contributed by atoms with Crippen LogP contribution in [0.1, 0.15) is 34.3 Å². The van der Waals surface area contributed by atoms with E-state index in [-0.39, 0.29) is 35.0 Å².